The van der Waals surface area contributed by atoms with Crippen LogP contribution in [0.5, 0.6) is 0 Å². The number of thiol groups is 1. The van der Waals surface area contributed by atoms with Crippen LogP contribution in [0.3, 0.4) is 0 Å². The molecular weight excluding hydrogens is 184 g/mol. The highest BCUT2D eigenvalue weighted by molar-refractivity contribution is 7.81. The van der Waals surface area contributed by atoms with E-state index in [4.69, 9.17) is 20.1 Å². The minimum absolute atomic E-state index is 0.772. The molecule has 1 heterocycles. The summed E-state index contributed by atoms with van der Waals surface area (Å²) >= 11 is 3.58. The van der Waals surface area contributed by atoms with Gasteiger partial charge in [-0.1, -0.05) is 0 Å². The van der Waals surface area contributed by atoms with Crippen molar-refractivity contribution in [2.24, 2.45) is 0 Å². The van der Waals surface area contributed by atoms with Gasteiger partial charge in [-0.05, 0) is 6.92 Å². The summed E-state index contributed by atoms with van der Waals surface area (Å²) < 4.78 is 4.73. The molecule has 1 fully saturated rings. The van der Waals surface area contributed by atoms with E-state index in [2.05, 4.69) is 12.6 Å². The highest BCUT2D eigenvalue weighted by atomic mass is 32.1. The first-order valence-electron chi connectivity index (χ1n) is 3.53. The summed E-state index contributed by atoms with van der Waals surface area (Å²) in [4.78, 5) is 0. The zero-order valence-corrected chi connectivity index (χ0v) is 7.35. The van der Waals surface area contributed by atoms with Gasteiger partial charge in [0, 0.05) is 0 Å². The van der Waals surface area contributed by atoms with Crippen molar-refractivity contribution in [2.75, 3.05) is 0 Å². The first-order valence-corrected chi connectivity index (χ1v) is 3.97. The molecule has 4 N–H and O–H groups in total. The van der Waals surface area contributed by atoms with Crippen molar-refractivity contribution in [1.82, 2.24) is 0 Å². The SMILES string of the molecule is C[C@H]1O[C@](O)(S)[C@H](O)[C@@H](O)[C@H]1O. The van der Waals surface area contributed by atoms with E-state index in [-0.39, 0.29) is 0 Å². The fourth-order valence-electron chi connectivity index (χ4n) is 1.10. The lowest BCUT2D eigenvalue weighted by Gasteiger charge is -2.42. The predicted octanol–water partition coefficient (Wildman–Crippen LogP) is -1.94. The first-order chi connectivity index (χ1) is 5.36. The van der Waals surface area contributed by atoms with Gasteiger partial charge in [0.05, 0.1) is 6.10 Å². The molecule has 0 amide bonds. The Labute approximate surface area is 75.0 Å². The number of aliphatic hydroxyl groups excluding tert-OH is 3. The Bertz CT molecular complexity index is 173. The third-order valence-electron chi connectivity index (χ3n) is 1.90. The van der Waals surface area contributed by atoms with Crippen LogP contribution in [0.4, 0.5) is 0 Å². The van der Waals surface area contributed by atoms with Gasteiger partial charge < -0.3 is 25.2 Å². The first kappa shape index (κ1) is 10.2. The molecule has 0 spiro atoms. The number of rotatable bonds is 0. The van der Waals surface area contributed by atoms with Gasteiger partial charge in [0.1, 0.15) is 18.3 Å². The molecule has 6 heteroatoms. The minimum atomic E-state index is -2.10. The number of aliphatic hydroxyl groups is 4. The number of hydrogen-bond acceptors (Lipinski definition) is 6. The largest absolute Gasteiger partial charge is 0.388 e. The van der Waals surface area contributed by atoms with Crippen molar-refractivity contribution in [2.45, 2.75) is 36.5 Å². The van der Waals surface area contributed by atoms with Gasteiger partial charge >= 0.3 is 0 Å². The monoisotopic (exact) mass is 196 g/mol. The molecule has 1 aliphatic rings. The molecule has 0 radical (unpaired) electrons. The quantitative estimate of drug-likeness (QED) is 0.230. The van der Waals surface area contributed by atoms with Crippen molar-refractivity contribution in [3.8, 4) is 0 Å². The van der Waals surface area contributed by atoms with Crippen molar-refractivity contribution in [1.29, 1.82) is 0 Å². The fraction of sp³-hybridized carbons (Fsp3) is 1.00. The van der Waals surface area contributed by atoms with Gasteiger partial charge in [-0.25, -0.2) is 0 Å². The lowest BCUT2D eigenvalue weighted by Crippen LogP contribution is -2.61. The Morgan fingerprint density at radius 1 is 1.25 bits per heavy atom. The standard InChI is InChI=1S/C6H12O5S/c1-2-3(7)4(8)5(9)6(10,12)11-2/h2-5,7-10,12H,1H3/t2-,3+,4+,5-,6+/m1/s1. The van der Waals surface area contributed by atoms with Crippen LogP contribution >= 0.6 is 12.6 Å². The molecule has 1 saturated heterocycles. The van der Waals surface area contributed by atoms with E-state index < -0.39 is 29.5 Å². The molecule has 1 rings (SSSR count). The van der Waals surface area contributed by atoms with E-state index >= 15 is 0 Å². The smallest absolute Gasteiger partial charge is 0.242 e. The lowest BCUT2D eigenvalue weighted by atomic mass is 10.00. The van der Waals surface area contributed by atoms with Crippen LogP contribution in [0.25, 0.3) is 0 Å². The second kappa shape index (κ2) is 3.13. The maximum absolute atomic E-state index is 9.22. The van der Waals surface area contributed by atoms with Crippen LogP contribution in [0.1, 0.15) is 6.92 Å². The van der Waals surface area contributed by atoms with E-state index in [9.17, 15) is 5.11 Å². The van der Waals surface area contributed by atoms with Crippen LogP contribution in [-0.4, -0.2) is 50.0 Å². The predicted molar refractivity (Wildman–Crippen MR) is 42.5 cm³/mol. The summed E-state index contributed by atoms with van der Waals surface area (Å²) in [5.41, 5.74) is 0. The van der Waals surface area contributed by atoms with Crippen molar-refractivity contribution in [3.05, 3.63) is 0 Å². The summed E-state index contributed by atoms with van der Waals surface area (Å²) in [7, 11) is 0. The Morgan fingerprint density at radius 2 is 1.75 bits per heavy atom. The molecule has 1 aliphatic heterocycles. The summed E-state index contributed by atoms with van der Waals surface area (Å²) in [6.07, 6.45) is -5.05. The highest BCUT2D eigenvalue weighted by Crippen LogP contribution is 2.30. The molecule has 72 valence electrons. The average molecular weight is 196 g/mol. The van der Waals surface area contributed by atoms with E-state index in [1.165, 1.54) is 6.92 Å². The second-order valence-electron chi connectivity index (χ2n) is 2.91. The third kappa shape index (κ3) is 1.59. The van der Waals surface area contributed by atoms with E-state index in [1.54, 1.807) is 0 Å². The Kier molecular flexibility index (Phi) is 2.67. The number of hydrogen-bond donors (Lipinski definition) is 5. The lowest BCUT2D eigenvalue weighted by molar-refractivity contribution is -0.296. The molecular formula is C6H12O5S. The maximum atomic E-state index is 9.22. The molecule has 0 aromatic carbocycles. The average Bonchev–Trinajstić information content (AvgIpc) is 1.97. The molecule has 5 nitrogen and oxygen atoms in total. The van der Waals surface area contributed by atoms with Crippen molar-refractivity contribution in [3.63, 3.8) is 0 Å². The topological polar surface area (TPSA) is 90.2 Å². The van der Waals surface area contributed by atoms with E-state index in [1.807, 2.05) is 0 Å². The summed E-state index contributed by atoms with van der Waals surface area (Å²) in [5.74, 6) is 0. The fourth-order valence-corrected chi connectivity index (χ4v) is 1.42. The second-order valence-corrected chi connectivity index (χ2v) is 3.55. The normalized spacial score (nSPS) is 55.5. The Balaban J connectivity index is 2.78. The molecule has 0 unspecified atom stereocenters. The van der Waals surface area contributed by atoms with E-state index in [0.717, 1.165) is 0 Å². The molecule has 0 saturated carbocycles. The van der Waals surface area contributed by atoms with Crippen molar-refractivity contribution >= 4 is 12.6 Å². The molecule has 12 heavy (non-hydrogen) atoms. The molecule has 5 atom stereocenters. The highest BCUT2D eigenvalue weighted by Gasteiger charge is 2.49. The van der Waals surface area contributed by atoms with Gasteiger partial charge in [-0.3, -0.25) is 0 Å². The Morgan fingerprint density at radius 3 is 2.25 bits per heavy atom. The van der Waals surface area contributed by atoms with Gasteiger partial charge in [0.2, 0.25) is 5.12 Å². The van der Waals surface area contributed by atoms with Gasteiger partial charge in [0.25, 0.3) is 0 Å². The zero-order valence-electron chi connectivity index (χ0n) is 6.45. The Hall–Kier alpha value is 0.150. The summed E-state index contributed by atoms with van der Waals surface area (Å²) in [6.45, 7) is 1.46. The van der Waals surface area contributed by atoms with E-state index in [0.29, 0.717) is 0 Å². The molecule has 0 aromatic rings. The van der Waals surface area contributed by atoms with Gasteiger partial charge in [-0.15, -0.1) is 12.6 Å². The van der Waals surface area contributed by atoms with Crippen LogP contribution in [0.2, 0.25) is 0 Å². The van der Waals surface area contributed by atoms with Crippen LogP contribution in [0.15, 0.2) is 0 Å². The zero-order chi connectivity index (χ0) is 9.52. The van der Waals surface area contributed by atoms with Crippen molar-refractivity contribution < 1.29 is 25.2 Å². The molecule has 0 bridgehead atoms. The third-order valence-corrected chi connectivity index (χ3v) is 2.27. The number of ether oxygens (including phenoxy) is 1. The van der Waals surface area contributed by atoms with Crippen LogP contribution in [0, 0.1) is 0 Å². The van der Waals surface area contributed by atoms with Crippen LogP contribution < -0.4 is 0 Å². The van der Waals surface area contributed by atoms with Gasteiger partial charge in [-0.2, -0.15) is 0 Å². The maximum Gasteiger partial charge on any atom is 0.242 e. The minimum Gasteiger partial charge on any atom is -0.388 e. The molecule has 0 aliphatic carbocycles. The molecule has 0 aromatic heterocycles. The van der Waals surface area contributed by atoms with Gasteiger partial charge in [0.15, 0.2) is 0 Å². The summed E-state index contributed by atoms with van der Waals surface area (Å²) in [6, 6.07) is 0. The van der Waals surface area contributed by atoms with Crippen LogP contribution in [-0.2, 0) is 4.74 Å². The summed E-state index contributed by atoms with van der Waals surface area (Å²) in [5, 5.41) is 34.6.